The van der Waals surface area contributed by atoms with Gasteiger partial charge in [-0.3, -0.25) is 0 Å². The highest BCUT2D eigenvalue weighted by atomic mass is 16.5. The lowest BCUT2D eigenvalue weighted by molar-refractivity contribution is 0.353. The van der Waals surface area contributed by atoms with Crippen molar-refractivity contribution in [3.8, 4) is 11.5 Å². The van der Waals surface area contributed by atoms with Crippen LogP contribution in [0.1, 0.15) is 37.7 Å². The Morgan fingerprint density at radius 3 is 2.36 bits per heavy atom. The maximum Gasteiger partial charge on any atom is 0.132 e. The summed E-state index contributed by atoms with van der Waals surface area (Å²) in [6, 6.07) is 13.6. The van der Waals surface area contributed by atoms with E-state index in [2.05, 4.69) is 0 Å². The molecular weight excluding hydrogens is 272 g/mol. The van der Waals surface area contributed by atoms with E-state index in [0.29, 0.717) is 17.3 Å². The van der Waals surface area contributed by atoms with Crippen LogP contribution < -0.4 is 16.2 Å². The highest BCUT2D eigenvalue weighted by Gasteiger charge is 2.19. The number of rotatable bonds is 4. The van der Waals surface area contributed by atoms with Crippen molar-refractivity contribution in [2.75, 3.05) is 11.5 Å². The van der Waals surface area contributed by atoms with E-state index >= 15 is 0 Å². The number of para-hydroxylation sites is 1. The van der Waals surface area contributed by atoms with E-state index in [-0.39, 0.29) is 0 Å². The SMILES string of the molecule is Nc1ccc(Oc2ccccc2)c(CC2CCCCC2)c1N. The molecule has 0 saturated heterocycles. The minimum Gasteiger partial charge on any atom is -0.457 e. The molecule has 3 nitrogen and oxygen atoms in total. The van der Waals surface area contributed by atoms with Crippen LogP contribution in [0.5, 0.6) is 11.5 Å². The second-order valence-corrected chi connectivity index (χ2v) is 6.17. The van der Waals surface area contributed by atoms with Crippen molar-refractivity contribution in [2.45, 2.75) is 38.5 Å². The molecular formula is C19H24N2O. The third-order valence-electron chi connectivity index (χ3n) is 4.54. The Bertz CT molecular complexity index is 619. The normalized spacial score (nSPS) is 15.6. The molecule has 0 radical (unpaired) electrons. The smallest absolute Gasteiger partial charge is 0.132 e. The zero-order valence-corrected chi connectivity index (χ0v) is 12.9. The lowest BCUT2D eigenvalue weighted by Crippen LogP contribution is -2.12. The standard InChI is InChI=1S/C19H24N2O/c20-17-11-12-18(22-15-9-5-2-6-10-15)16(19(17)21)13-14-7-3-1-4-8-14/h2,5-6,9-12,14H,1,3-4,7-8,13,20-21H2. The van der Waals surface area contributed by atoms with E-state index in [1.807, 2.05) is 42.5 Å². The van der Waals surface area contributed by atoms with Crippen LogP contribution in [-0.4, -0.2) is 0 Å². The van der Waals surface area contributed by atoms with Gasteiger partial charge in [-0.25, -0.2) is 0 Å². The highest BCUT2D eigenvalue weighted by molar-refractivity contribution is 5.71. The van der Waals surface area contributed by atoms with Crippen LogP contribution in [0.2, 0.25) is 0 Å². The van der Waals surface area contributed by atoms with Crippen LogP contribution in [0.4, 0.5) is 11.4 Å². The van der Waals surface area contributed by atoms with E-state index in [1.165, 1.54) is 32.1 Å². The van der Waals surface area contributed by atoms with E-state index in [4.69, 9.17) is 16.2 Å². The molecule has 0 atom stereocenters. The number of nitrogens with two attached hydrogens (primary N) is 2. The molecule has 0 aromatic heterocycles. The van der Waals surface area contributed by atoms with Crippen LogP contribution in [0, 0.1) is 5.92 Å². The summed E-state index contributed by atoms with van der Waals surface area (Å²) in [7, 11) is 0. The summed E-state index contributed by atoms with van der Waals surface area (Å²) in [5.74, 6) is 2.36. The first-order chi connectivity index (χ1) is 10.7. The van der Waals surface area contributed by atoms with Gasteiger partial charge in [-0.05, 0) is 36.6 Å². The Morgan fingerprint density at radius 2 is 1.64 bits per heavy atom. The fraction of sp³-hybridized carbons (Fsp3) is 0.368. The molecule has 4 N–H and O–H groups in total. The Balaban J connectivity index is 1.86. The molecule has 1 saturated carbocycles. The molecule has 0 heterocycles. The number of benzene rings is 2. The van der Waals surface area contributed by atoms with Crippen molar-refractivity contribution in [3.63, 3.8) is 0 Å². The predicted molar refractivity (Wildman–Crippen MR) is 92.1 cm³/mol. The van der Waals surface area contributed by atoms with Gasteiger partial charge in [0.2, 0.25) is 0 Å². The maximum absolute atomic E-state index is 6.25. The van der Waals surface area contributed by atoms with Crippen molar-refractivity contribution < 1.29 is 4.74 Å². The summed E-state index contributed by atoms with van der Waals surface area (Å²) in [6.45, 7) is 0. The van der Waals surface area contributed by atoms with Crippen molar-refractivity contribution in [2.24, 2.45) is 5.92 Å². The van der Waals surface area contributed by atoms with Crippen molar-refractivity contribution in [1.82, 2.24) is 0 Å². The molecule has 1 fully saturated rings. The summed E-state index contributed by atoms with van der Waals surface area (Å²) < 4.78 is 6.05. The van der Waals surface area contributed by atoms with Crippen LogP contribution in [0.15, 0.2) is 42.5 Å². The predicted octanol–water partition coefficient (Wildman–Crippen LogP) is 4.77. The molecule has 3 rings (SSSR count). The maximum atomic E-state index is 6.25. The number of anilines is 2. The monoisotopic (exact) mass is 296 g/mol. The summed E-state index contributed by atoms with van der Waals surface area (Å²) in [5.41, 5.74) is 14.6. The van der Waals surface area contributed by atoms with Crippen LogP contribution in [-0.2, 0) is 6.42 Å². The van der Waals surface area contributed by atoms with E-state index < -0.39 is 0 Å². The third kappa shape index (κ3) is 3.35. The molecule has 0 bridgehead atoms. The van der Waals surface area contributed by atoms with Crippen molar-refractivity contribution in [1.29, 1.82) is 0 Å². The quantitative estimate of drug-likeness (QED) is 0.799. The van der Waals surface area contributed by atoms with Gasteiger partial charge < -0.3 is 16.2 Å². The highest BCUT2D eigenvalue weighted by Crippen LogP contribution is 2.37. The first-order valence-corrected chi connectivity index (χ1v) is 8.14. The number of hydrogen-bond acceptors (Lipinski definition) is 3. The average molecular weight is 296 g/mol. The molecule has 2 aromatic rings. The molecule has 116 valence electrons. The number of hydrogen-bond donors (Lipinski definition) is 2. The van der Waals surface area contributed by atoms with Gasteiger partial charge in [0, 0.05) is 5.56 Å². The Kier molecular flexibility index (Phi) is 4.52. The Labute approximate surface area is 132 Å². The molecule has 1 aliphatic rings. The van der Waals surface area contributed by atoms with Gasteiger partial charge in [0.15, 0.2) is 0 Å². The Morgan fingerprint density at radius 1 is 0.909 bits per heavy atom. The summed E-state index contributed by atoms with van der Waals surface area (Å²) in [6.07, 6.45) is 7.51. The average Bonchev–Trinajstić information content (AvgIpc) is 2.56. The number of ether oxygens (including phenoxy) is 1. The van der Waals surface area contributed by atoms with Gasteiger partial charge in [0.1, 0.15) is 11.5 Å². The Hall–Kier alpha value is -2.16. The molecule has 0 unspecified atom stereocenters. The zero-order chi connectivity index (χ0) is 15.4. The van der Waals surface area contributed by atoms with Crippen molar-refractivity contribution >= 4 is 11.4 Å². The second-order valence-electron chi connectivity index (χ2n) is 6.17. The number of nitrogen functional groups attached to an aromatic ring is 2. The fourth-order valence-electron chi connectivity index (χ4n) is 3.26. The van der Waals surface area contributed by atoms with Crippen LogP contribution in [0.3, 0.4) is 0 Å². The van der Waals surface area contributed by atoms with Crippen molar-refractivity contribution in [3.05, 3.63) is 48.0 Å². The van der Waals surface area contributed by atoms with Gasteiger partial charge >= 0.3 is 0 Å². The van der Waals surface area contributed by atoms with Gasteiger partial charge in [0.05, 0.1) is 11.4 Å². The lowest BCUT2D eigenvalue weighted by atomic mass is 9.84. The van der Waals surface area contributed by atoms with Gasteiger partial charge in [-0.15, -0.1) is 0 Å². The topological polar surface area (TPSA) is 61.3 Å². The first-order valence-electron chi connectivity index (χ1n) is 8.14. The van der Waals surface area contributed by atoms with Gasteiger partial charge in [0.25, 0.3) is 0 Å². The van der Waals surface area contributed by atoms with E-state index in [9.17, 15) is 0 Å². The molecule has 0 amide bonds. The molecule has 0 spiro atoms. The summed E-state index contributed by atoms with van der Waals surface area (Å²) in [4.78, 5) is 0. The largest absolute Gasteiger partial charge is 0.457 e. The summed E-state index contributed by atoms with van der Waals surface area (Å²) in [5, 5.41) is 0. The first kappa shape index (κ1) is 14.8. The second kappa shape index (κ2) is 6.73. The van der Waals surface area contributed by atoms with Crippen LogP contribution >= 0.6 is 0 Å². The minimum absolute atomic E-state index is 0.645. The molecule has 1 aliphatic carbocycles. The molecule has 3 heteroatoms. The van der Waals surface area contributed by atoms with Gasteiger partial charge in [-0.1, -0.05) is 50.3 Å². The fourth-order valence-corrected chi connectivity index (χ4v) is 3.26. The minimum atomic E-state index is 0.645. The molecule has 2 aromatic carbocycles. The van der Waals surface area contributed by atoms with E-state index in [1.54, 1.807) is 0 Å². The third-order valence-corrected chi connectivity index (χ3v) is 4.54. The molecule has 22 heavy (non-hydrogen) atoms. The summed E-state index contributed by atoms with van der Waals surface area (Å²) >= 11 is 0. The van der Waals surface area contributed by atoms with Gasteiger partial charge in [-0.2, -0.15) is 0 Å². The van der Waals surface area contributed by atoms with Crippen LogP contribution in [0.25, 0.3) is 0 Å². The lowest BCUT2D eigenvalue weighted by Gasteiger charge is -2.24. The molecule has 0 aliphatic heterocycles. The van der Waals surface area contributed by atoms with E-state index in [0.717, 1.165) is 23.5 Å². The zero-order valence-electron chi connectivity index (χ0n) is 12.9.